The molecule has 8 N–H and O–H groups in total. The molecule has 2 aromatic carbocycles. The summed E-state index contributed by atoms with van der Waals surface area (Å²) in [6.07, 6.45) is 4.11. The van der Waals surface area contributed by atoms with Gasteiger partial charge in [-0.2, -0.15) is 0 Å². The fourth-order valence-electron chi connectivity index (χ4n) is 2.62. The molecule has 6 nitrogen and oxygen atoms in total. The van der Waals surface area contributed by atoms with Gasteiger partial charge in [-0.3, -0.25) is 4.79 Å². The Bertz CT molecular complexity index is 928. The lowest BCUT2D eigenvalue weighted by molar-refractivity contribution is -0.138. The van der Waals surface area contributed by atoms with E-state index in [2.05, 4.69) is 28.2 Å². The second-order valence-electron chi connectivity index (χ2n) is 5.57. The highest BCUT2D eigenvalue weighted by molar-refractivity contribution is 5.84. The minimum Gasteiger partial charge on any atom is -0.480 e. The zero-order chi connectivity index (χ0) is 16.9. The Hall–Kier alpha value is -3.09. The maximum Gasteiger partial charge on any atom is 0.320 e. The lowest BCUT2D eigenvalue weighted by Crippen LogP contribution is -2.32. The Morgan fingerprint density at radius 2 is 1.68 bits per heavy atom. The highest BCUT2D eigenvalue weighted by atomic mass is 16.4. The van der Waals surface area contributed by atoms with Crippen molar-refractivity contribution in [3.63, 3.8) is 0 Å². The fraction of sp³-hybridized carbons (Fsp3) is 0.105. The molecule has 0 saturated carbocycles. The van der Waals surface area contributed by atoms with E-state index in [-0.39, 0.29) is 6.15 Å². The number of aromatic nitrogens is 2. The number of carbonyl (C=O) groups is 1. The van der Waals surface area contributed by atoms with Crippen molar-refractivity contribution in [3.05, 3.63) is 72.6 Å². The first-order valence-corrected chi connectivity index (χ1v) is 7.70. The predicted molar refractivity (Wildman–Crippen MR) is 101 cm³/mol. The molecule has 1 atom stereocenters. The predicted octanol–water partition coefficient (Wildman–Crippen LogP) is 3.45. The van der Waals surface area contributed by atoms with Gasteiger partial charge in [0.25, 0.3) is 0 Å². The molecule has 2 heterocycles. The maximum atomic E-state index is 10.6. The molecule has 4 rings (SSSR count). The van der Waals surface area contributed by atoms with Crippen molar-refractivity contribution in [1.29, 1.82) is 0 Å². The van der Waals surface area contributed by atoms with Crippen LogP contribution in [0.4, 0.5) is 0 Å². The highest BCUT2D eigenvalue weighted by Crippen LogP contribution is 2.18. The largest absolute Gasteiger partial charge is 0.480 e. The van der Waals surface area contributed by atoms with Gasteiger partial charge in [-0.1, -0.05) is 36.4 Å². The summed E-state index contributed by atoms with van der Waals surface area (Å²) in [6, 6.07) is 17.2. The monoisotopic (exact) mass is 338 g/mol. The summed E-state index contributed by atoms with van der Waals surface area (Å²) in [5.74, 6) is -0.972. The quantitative estimate of drug-likeness (QED) is 0.391. The molecule has 0 amide bonds. The second-order valence-corrected chi connectivity index (χ2v) is 5.57. The standard InChI is InChI=1S/C11H12N2O2.C8H7N.H3N/c12-9(11(14)15)5-7-6-13-10-4-2-1-3-8(7)10;1-2-4-8-7(3-1)5-6-9-8;/h1-4,6,9,13H,5,12H2,(H,14,15);1-6,9H;1H3/t9-;;/m0../s1. The minimum atomic E-state index is -0.972. The van der Waals surface area contributed by atoms with Crippen molar-refractivity contribution in [2.24, 2.45) is 5.73 Å². The number of H-pyrrole nitrogens is 2. The molecule has 6 heteroatoms. The van der Waals surface area contributed by atoms with Crippen LogP contribution in [0.5, 0.6) is 0 Å². The number of aromatic amines is 2. The topological polar surface area (TPSA) is 130 Å². The van der Waals surface area contributed by atoms with Gasteiger partial charge in [0.1, 0.15) is 6.04 Å². The number of nitrogens with two attached hydrogens (primary N) is 1. The van der Waals surface area contributed by atoms with E-state index in [1.165, 1.54) is 10.9 Å². The van der Waals surface area contributed by atoms with Crippen molar-refractivity contribution in [3.8, 4) is 0 Å². The van der Waals surface area contributed by atoms with Crippen molar-refractivity contribution in [2.45, 2.75) is 12.5 Å². The summed E-state index contributed by atoms with van der Waals surface area (Å²) in [7, 11) is 0. The third-order valence-corrected chi connectivity index (χ3v) is 3.89. The van der Waals surface area contributed by atoms with Crippen LogP contribution in [0.3, 0.4) is 0 Å². The van der Waals surface area contributed by atoms with E-state index in [1.807, 2.05) is 48.8 Å². The number of nitrogens with one attached hydrogen (secondary N) is 2. The molecule has 0 unspecified atom stereocenters. The van der Waals surface area contributed by atoms with Crippen molar-refractivity contribution < 1.29 is 9.90 Å². The number of carboxylic acid groups (broad SMARTS) is 1. The van der Waals surface area contributed by atoms with Crippen LogP contribution in [0, 0.1) is 0 Å². The van der Waals surface area contributed by atoms with Crippen LogP contribution in [0.2, 0.25) is 0 Å². The lowest BCUT2D eigenvalue weighted by Gasteiger charge is -2.04. The number of benzene rings is 2. The number of fused-ring (bicyclic) bond motifs is 2. The van der Waals surface area contributed by atoms with Crippen LogP contribution < -0.4 is 11.9 Å². The summed E-state index contributed by atoms with van der Waals surface area (Å²) in [6.45, 7) is 0. The molecular weight excluding hydrogens is 316 g/mol. The first-order chi connectivity index (χ1) is 11.6. The van der Waals surface area contributed by atoms with Gasteiger partial charge in [-0.15, -0.1) is 0 Å². The number of carboxylic acids is 1. The molecule has 0 spiro atoms. The summed E-state index contributed by atoms with van der Waals surface area (Å²) in [4.78, 5) is 16.8. The molecule has 0 fully saturated rings. The van der Waals surface area contributed by atoms with Gasteiger partial charge in [-0.05, 0) is 29.1 Å². The molecule has 130 valence electrons. The average molecular weight is 338 g/mol. The van der Waals surface area contributed by atoms with Gasteiger partial charge in [0.2, 0.25) is 0 Å². The maximum absolute atomic E-state index is 10.6. The first-order valence-electron chi connectivity index (χ1n) is 7.70. The molecule has 0 aliphatic carbocycles. The Balaban J connectivity index is 0.000000193. The van der Waals surface area contributed by atoms with Crippen LogP contribution >= 0.6 is 0 Å². The minimum absolute atomic E-state index is 0. The smallest absolute Gasteiger partial charge is 0.320 e. The summed E-state index contributed by atoms with van der Waals surface area (Å²) >= 11 is 0. The van der Waals surface area contributed by atoms with Gasteiger partial charge >= 0.3 is 5.97 Å². The number of aliphatic carboxylic acids is 1. The Labute approximate surface area is 145 Å². The molecular formula is C19H22N4O2. The normalized spacial score (nSPS) is 11.4. The van der Waals surface area contributed by atoms with E-state index in [0.29, 0.717) is 6.42 Å². The Morgan fingerprint density at radius 3 is 2.40 bits per heavy atom. The zero-order valence-corrected chi connectivity index (χ0v) is 13.8. The molecule has 25 heavy (non-hydrogen) atoms. The summed E-state index contributed by atoms with van der Waals surface area (Å²) in [5.41, 5.74) is 8.64. The summed E-state index contributed by atoms with van der Waals surface area (Å²) < 4.78 is 0. The molecule has 0 radical (unpaired) electrons. The van der Waals surface area contributed by atoms with E-state index in [9.17, 15) is 4.79 Å². The van der Waals surface area contributed by atoms with Crippen LogP contribution in [-0.4, -0.2) is 27.1 Å². The fourth-order valence-corrected chi connectivity index (χ4v) is 2.62. The zero-order valence-electron chi connectivity index (χ0n) is 13.8. The number of rotatable bonds is 3. The van der Waals surface area contributed by atoms with Crippen molar-refractivity contribution in [1.82, 2.24) is 16.1 Å². The molecule has 0 saturated heterocycles. The number of hydrogen-bond donors (Lipinski definition) is 5. The lowest BCUT2D eigenvalue weighted by atomic mass is 10.1. The van der Waals surface area contributed by atoms with E-state index >= 15 is 0 Å². The second kappa shape index (κ2) is 8.14. The van der Waals surface area contributed by atoms with Gasteiger partial charge in [0.05, 0.1) is 0 Å². The van der Waals surface area contributed by atoms with E-state index in [1.54, 1.807) is 0 Å². The molecule has 4 aromatic rings. The third kappa shape index (κ3) is 4.26. The van der Waals surface area contributed by atoms with Crippen LogP contribution in [-0.2, 0) is 11.2 Å². The molecule has 0 aliphatic heterocycles. The highest BCUT2D eigenvalue weighted by Gasteiger charge is 2.14. The van der Waals surface area contributed by atoms with Crippen LogP contribution in [0.1, 0.15) is 5.56 Å². The van der Waals surface area contributed by atoms with Gasteiger partial charge in [0, 0.05) is 35.2 Å². The molecule has 0 aliphatic rings. The van der Waals surface area contributed by atoms with Crippen molar-refractivity contribution >= 4 is 27.8 Å². The van der Waals surface area contributed by atoms with Gasteiger partial charge in [-0.25, -0.2) is 0 Å². The SMILES string of the molecule is N.N[C@@H](Cc1c[nH]c2ccccc12)C(=O)O.c1ccc2[nH]ccc2c1. The Morgan fingerprint density at radius 1 is 1.00 bits per heavy atom. The molecule has 0 bridgehead atoms. The van der Waals surface area contributed by atoms with Gasteiger partial charge < -0.3 is 27.0 Å². The first kappa shape index (κ1) is 18.3. The summed E-state index contributed by atoms with van der Waals surface area (Å²) in [5, 5.41) is 11.0. The van der Waals surface area contributed by atoms with Gasteiger partial charge in [0.15, 0.2) is 0 Å². The third-order valence-electron chi connectivity index (χ3n) is 3.89. The average Bonchev–Trinajstić information content (AvgIpc) is 3.22. The van der Waals surface area contributed by atoms with E-state index in [4.69, 9.17) is 10.8 Å². The van der Waals surface area contributed by atoms with E-state index < -0.39 is 12.0 Å². The number of hydrogen-bond acceptors (Lipinski definition) is 3. The van der Waals surface area contributed by atoms with E-state index in [0.717, 1.165) is 16.5 Å². The Kier molecular flexibility index (Phi) is 5.94. The van der Waals surface area contributed by atoms with Crippen molar-refractivity contribution in [2.75, 3.05) is 0 Å². The van der Waals surface area contributed by atoms with Crippen LogP contribution in [0.15, 0.2) is 67.0 Å². The number of para-hydroxylation sites is 2. The molecule has 2 aromatic heterocycles. The van der Waals surface area contributed by atoms with Crippen LogP contribution in [0.25, 0.3) is 21.8 Å².